The first-order valence-corrected chi connectivity index (χ1v) is 5.06. The molecule has 47 valence electrons. The number of hydrogen-bond donors (Lipinski definition) is 0. The van der Waals surface area contributed by atoms with Gasteiger partial charge in [-0.1, -0.05) is 58.0 Å². The lowest BCUT2D eigenvalue weighted by Gasteiger charge is -2.24. The van der Waals surface area contributed by atoms with E-state index in [1.807, 2.05) is 0 Å². The van der Waals surface area contributed by atoms with E-state index >= 15 is 0 Å². The van der Waals surface area contributed by atoms with Gasteiger partial charge < -0.3 is 0 Å². The molecule has 0 aromatic rings. The maximum Gasteiger partial charge on any atom is 0.0737 e. The van der Waals surface area contributed by atoms with Gasteiger partial charge in [0, 0.05) is 0 Å². The Morgan fingerprint density at radius 3 is 2.38 bits per heavy atom. The highest BCUT2D eigenvalue weighted by Crippen LogP contribution is 2.41. The van der Waals surface area contributed by atoms with E-state index in [1.54, 1.807) is 0 Å². The molecule has 1 aliphatic rings. The molecule has 0 bridgehead atoms. The van der Waals surface area contributed by atoms with Gasteiger partial charge in [0.2, 0.25) is 0 Å². The molecule has 0 aromatic heterocycles. The zero-order valence-electron chi connectivity index (χ0n) is 4.66. The summed E-state index contributed by atoms with van der Waals surface area (Å²) in [5.41, 5.74) is 0. The van der Waals surface area contributed by atoms with E-state index in [1.165, 1.54) is 25.7 Å². The molecular weight excluding hydrogens is 326 g/mol. The Hall–Kier alpha value is 1.46. The van der Waals surface area contributed by atoms with Crippen LogP contribution in [0.15, 0.2) is 0 Å². The molecular formula is C6H9I2. The van der Waals surface area contributed by atoms with Gasteiger partial charge in [-0.15, -0.1) is 0 Å². The molecule has 1 rings (SSSR count). The van der Waals surface area contributed by atoms with Gasteiger partial charge in [0.25, 0.3) is 0 Å². The van der Waals surface area contributed by atoms with Crippen LogP contribution >= 0.6 is 45.2 Å². The lowest BCUT2D eigenvalue weighted by atomic mass is 10.0. The summed E-state index contributed by atoms with van der Waals surface area (Å²) in [6.07, 6.45) is 7.83. The van der Waals surface area contributed by atoms with Crippen LogP contribution < -0.4 is 0 Å². The predicted molar refractivity (Wildman–Crippen MR) is 53.5 cm³/mol. The third-order valence-electron chi connectivity index (χ3n) is 1.39. The number of alkyl halides is 2. The first kappa shape index (κ1) is 7.57. The SMILES string of the molecule is IC1(I)C[CH]CCC1. The Kier molecular flexibility index (Phi) is 2.87. The van der Waals surface area contributed by atoms with Crippen LogP contribution in [0.3, 0.4) is 0 Å². The molecule has 0 amide bonds. The minimum Gasteiger partial charge on any atom is -0.0672 e. The van der Waals surface area contributed by atoms with Crippen molar-refractivity contribution in [2.24, 2.45) is 0 Å². The Labute approximate surface area is 78.1 Å². The van der Waals surface area contributed by atoms with Gasteiger partial charge in [-0.05, 0) is 19.3 Å². The summed E-state index contributed by atoms with van der Waals surface area (Å²) in [6, 6.07) is 0. The highest BCUT2D eigenvalue weighted by atomic mass is 127. The van der Waals surface area contributed by atoms with Crippen molar-refractivity contribution in [3.05, 3.63) is 6.42 Å². The maximum atomic E-state index is 2.55. The molecule has 8 heavy (non-hydrogen) atoms. The smallest absolute Gasteiger partial charge is 0.0672 e. The largest absolute Gasteiger partial charge is 0.0737 e. The minimum absolute atomic E-state index is 0.563. The molecule has 0 atom stereocenters. The van der Waals surface area contributed by atoms with Crippen molar-refractivity contribution >= 4 is 45.2 Å². The second-order valence-electron chi connectivity index (χ2n) is 2.24. The summed E-state index contributed by atoms with van der Waals surface area (Å²) >= 11 is 5.09. The van der Waals surface area contributed by atoms with E-state index in [0.29, 0.717) is 1.43 Å². The minimum atomic E-state index is 0.563. The molecule has 0 aliphatic heterocycles. The van der Waals surface area contributed by atoms with Gasteiger partial charge in [0.15, 0.2) is 0 Å². The van der Waals surface area contributed by atoms with Crippen molar-refractivity contribution in [3.8, 4) is 0 Å². The van der Waals surface area contributed by atoms with Crippen LogP contribution in [-0.2, 0) is 0 Å². The fraction of sp³-hybridized carbons (Fsp3) is 0.833. The van der Waals surface area contributed by atoms with E-state index in [-0.39, 0.29) is 0 Å². The molecule has 1 saturated carbocycles. The fourth-order valence-corrected chi connectivity index (χ4v) is 2.31. The van der Waals surface area contributed by atoms with E-state index in [2.05, 4.69) is 51.6 Å². The monoisotopic (exact) mass is 335 g/mol. The third-order valence-corrected chi connectivity index (χ3v) is 3.35. The summed E-state index contributed by atoms with van der Waals surface area (Å²) in [4.78, 5) is 0. The molecule has 0 unspecified atom stereocenters. The average Bonchev–Trinajstić information content (AvgIpc) is 1.65. The Balaban J connectivity index is 2.33. The van der Waals surface area contributed by atoms with E-state index < -0.39 is 0 Å². The Morgan fingerprint density at radius 1 is 1.38 bits per heavy atom. The van der Waals surface area contributed by atoms with Crippen molar-refractivity contribution in [2.75, 3.05) is 0 Å². The van der Waals surface area contributed by atoms with Crippen molar-refractivity contribution in [2.45, 2.75) is 27.1 Å². The van der Waals surface area contributed by atoms with Gasteiger partial charge in [-0.25, -0.2) is 0 Å². The van der Waals surface area contributed by atoms with Crippen LogP contribution in [0.25, 0.3) is 0 Å². The Morgan fingerprint density at radius 2 is 2.12 bits per heavy atom. The molecule has 1 aliphatic carbocycles. The van der Waals surface area contributed by atoms with Crippen molar-refractivity contribution in [1.29, 1.82) is 0 Å². The summed E-state index contributed by atoms with van der Waals surface area (Å²) in [5, 5.41) is 0. The molecule has 0 saturated heterocycles. The number of rotatable bonds is 0. The van der Waals surface area contributed by atoms with Gasteiger partial charge in [0.05, 0.1) is 1.43 Å². The van der Waals surface area contributed by atoms with Crippen molar-refractivity contribution in [3.63, 3.8) is 0 Å². The zero-order chi connectivity index (χ0) is 6.04. The van der Waals surface area contributed by atoms with Crippen LogP contribution in [0.5, 0.6) is 0 Å². The van der Waals surface area contributed by atoms with Gasteiger partial charge in [0.1, 0.15) is 0 Å². The van der Waals surface area contributed by atoms with Gasteiger partial charge >= 0.3 is 0 Å². The van der Waals surface area contributed by atoms with Crippen LogP contribution in [0.2, 0.25) is 0 Å². The van der Waals surface area contributed by atoms with Crippen molar-refractivity contribution in [1.82, 2.24) is 0 Å². The Bertz CT molecular complexity index is 70.6. The van der Waals surface area contributed by atoms with Gasteiger partial charge in [-0.3, -0.25) is 0 Å². The summed E-state index contributed by atoms with van der Waals surface area (Å²) in [7, 11) is 0. The normalized spacial score (nSPS) is 27.8. The predicted octanol–water partition coefficient (Wildman–Crippen LogP) is 3.33. The molecule has 0 heterocycles. The molecule has 2 heteroatoms. The first-order chi connectivity index (χ1) is 3.71. The quantitative estimate of drug-likeness (QED) is 0.471. The summed E-state index contributed by atoms with van der Waals surface area (Å²) in [5.74, 6) is 0. The number of hydrogen-bond acceptors (Lipinski definition) is 0. The third kappa shape index (κ3) is 2.37. The molecule has 1 radical (unpaired) electrons. The maximum absolute atomic E-state index is 2.55. The second kappa shape index (κ2) is 3.03. The van der Waals surface area contributed by atoms with E-state index in [4.69, 9.17) is 0 Å². The second-order valence-corrected chi connectivity index (χ2v) is 8.43. The van der Waals surface area contributed by atoms with Gasteiger partial charge in [-0.2, -0.15) is 0 Å². The molecule has 0 aromatic carbocycles. The average molecular weight is 335 g/mol. The first-order valence-electron chi connectivity index (χ1n) is 2.90. The van der Waals surface area contributed by atoms with Crippen LogP contribution in [0, 0.1) is 6.42 Å². The van der Waals surface area contributed by atoms with Crippen LogP contribution in [0.4, 0.5) is 0 Å². The van der Waals surface area contributed by atoms with Crippen LogP contribution in [-0.4, -0.2) is 1.43 Å². The molecule has 0 N–H and O–H groups in total. The highest BCUT2D eigenvalue weighted by molar-refractivity contribution is 14.2. The van der Waals surface area contributed by atoms with Crippen molar-refractivity contribution < 1.29 is 0 Å². The number of halogens is 2. The molecule has 0 nitrogen and oxygen atoms in total. The van der Waals surface area contributed by atoms with Crippen LogP contribution in [0.1, 0.15) is 25.7 Å². The molecule has 1 fully saturated rings. The summed E-state index contributed by atoms with van der Waals surface area (Å²) in [6.45, 7) is 0. The zero-order valence-corrected chi connectivity index (χ0v) is 8.98. The fourth-order valence-electron chi connectivity index (χ4n) is 0.920. The molecule has 0 spiro atoms. The highest BCUT2D eigenvalue weighted by Gasteiger charge is 2.24. The van der Waals surface area contributed by atoms with E-state index in [0.717, 1.165) is 0 Å². The standard InChI is InChI=1S/C6H9I2/c7-6(8)4-2-1-3-5-6/h2H,1,3-5H2. The summed E-state index contributed by atoms with van der Waals surface area (Å²) < 4.78 is 0.563. The topological polar surface area (TPSA) is 0 Å². The lowest BCUT2D eigenvalue weighted by molar-refractivity contribution is 0.608. The lowest BCUT2D eigenvalue weighted by Crippen LogP contribution is -2.14. The van der Waals surface area contributed by atoms with E-state index in [9.17, 15) is 0 Å².